The van der Waals surface area contributed by atoms with Crippen molar-refractivity contribution in [1.82, 2.24) is 14.8 Å². The second kappa shape index (κ2) is 5.77. The Morgan fingerprint density at radius 3 is 2.65 bits per heavy atom. The number of piperazine rings is 1. The molecular weight excluding hydrogens is 214 g/mol. The van der Waals surface area contributed by atoms with E-state index >= 15 is 0 Å². The minimum Gasteiger partial charge on any atom is -0.340 e. The molecule has 0 N–H and O–H groups in total. The van der Waals surface area contributed by atoms with Crippen LogP contribution in [-0.2, 0) is 11.2 Å². The highest BCUT2D eigenvalue weighted by Crippen LogP contribution is 2.04. The van der Waals surface area contributed by atoms with E-state index in [-0.39, 0.29) is 5.91 Å². The summed E-state index contributed by atoms with van der Waals surface area (Å²) in [6.45, 7) is 6.35. The molecule has 1 aromatic rings. The van der Waals surface area contributed by atoms with Crippen LogP contribution in [0.15, 0.2) is 24.4 Å². The third kappa shape index (κ3) is 3.53. The second-order valence-corrected chi connectivity index (χ2v) is 4.42. The Morgan fingerprint density at radius 1 is 1.29 bits per heavy atom. The molecule has 0 atom stereocenters. The van der Waals surface area contributed by atoms with Crippen LogP contribution >= 0.6 is 0 Å². The van der Waals surface area contributed by atoms with Gasteiger partial charge in [-0.25, -0.2) is 0 Å². The number of hydrogen-bond donors (Lipinski definition) is 0. The summed E-state index contributed by atoms with van der Waals surface area (Å²) in [5.74, 6) is 0.189. The fourth-order valence-corrected chi connectivity index (χ4v) is 2.11. The van der Waals surface area contributed by atoms with Gasteiger partial charge in [-0.1, -0.05) is 6.07 Å². The van der Waals surface area contributed by atoms with Crippen LogP contribution in [0.5, 0.6) is 0 Å². The first-order valence-electron chi connectivity index (χ1n) is 6.13. The van der Waals surface area contributed by atoms with E-state index < -0.39 is 0 Å². The highest BCUT2D eigenvalue weighted by Gasteiger charge is 2.17. The van der Waals surface area contributed by atoms with Gasteiger partial charge in [0.15, 0.2) is 0 Å². The first-order valence-corrected chi connectivity index (χ1v) is 6.13. The van der Waals surface area contributed by atoms with E-state index in [0.29, 0.717) is 0 Å². The quantitative estimate of drug-likeness (QED) is 0.774. The van der Waals surface area contributed by atoms with Gasteiger partial charge in [0, 0.05) is 58.0 Å². The molecule has 4 nitrogen and oxygen atoms in total. The lowest BCUT2D eigenvalue weighted by atomic mass is 10.2. The number of pyridine rings is 1. The van der Waals surface area contributed by atoms with Crippen LogP contribution in [-0.4, -0.2) is 53.4 Å². The Labute approximate surface area is 102 Å². The number of amides is 1. The van der Waals surface area contributed by atoms with Gasteiger partial charge in [-0.2, -0.15) is 0 Å². The average molecular weight is 233 g/mol. The molecule has 2 heterocycles. The highest BCUT2D eigenvalue weighted by molar-refractivity contribution is 5.73. The molecule has 0 saturated carbocycles. The van der Waals surface area contributed by atoms with E-state index in [1.807, 2.05) is 23.2 Å². The summed E-state index contributed by atoms with van der Waals surface area (Å²) in [5, 5.41) is 0. The fraction of sp³-hybridized carbons (Fsp3) is 0.538. The second-order valence-electron chi connectivity index (χ2n) is 4.42. The van der Waals surface area contributed by atoms with Crippen LogP contribution in [0.1, 0.15) is 12.6 Å². The molecule has 0 unspecified atom stereocenters. The van der Waals surface area contributed by atoms with Crippen molar-refractivity contribution in [3.8, 4) is 0 Å². The summed E-state index contributed by atoms with van der Waals surface area (Å²) in [7, 11) is 0. The van der Waals surface area contributed by atoms with E-state index in [2.05, 4.69) is 16.0 Å². The molecule has 92 valence electrons. The summed E-state index contributed by atoms with van der Waals surface area (Å²) in [6.07, 6.45) is 2.82. The monoisotopic (exact) mass is 233 g/mol. The molecule has 0 aliphatic carbocycles. The van der Waals surface area contributed by atoms with Gasteiger partial charge in [0.1, 0.15) is 0 Å². The van der Waals surface area contributed by atoms with E-state index in [9.17, 15) is 4.79 Å². The molecule has 4 heteroatoms. The predicted octanol–water partition coefficient (Wildman–Crippen LogP) is 0.788. The molecule has 1 aliphatic rings. The SMILES string of the molecule is CC(=O)N1CCN(CCc2ccccn2)CC1. The number of carbonyl (C=O) groups excluding carboxylic acids is 1. The van der Waals surface area contributed by atoms with Crippen LogP contribution in [0.4, 0.5) is 0 Å². The molecule has 1 aliphatic heterocycles. The summed E-state index contributed by atoms with van der Waals surface area (Å²) in [4.78, 5) is 19.8. The molecule has 1 amide bonds. The predicted molar refractivity (Wildman–Crippen MR) is 66.6 cm³/mol. The molecule has 0 radical (unpaired) electrons. The number of rotatable bonds is 3. The number of carbonyl (C=O) groups is 1. The van der Waals surface area contributed by atoms with Crippen molar-refractivity contribution in [2.45, 2.75) is 13.3 Å². The highest BCUT2D eigenvalue weighted by atomic mass is 16.2. The van der Waals surface area contributed by atoms with Crippen LogP contribution in [0.25, 0.3) is 0 Å². The van der Waals surface area contributed by atoms with Crippen molar-refractivity contribution < 1.29 is 4.79 Å². The Morgan fingerprint density at radius 2 is 2.06 bits per heavy atom. The van der Waals surface area contributed by atoms with E-state index in [0.717, 1.165) is 44.8 Å². The maximum atomic E-state index is 11.2. The zero-order valence-electron chi connectivity index (χ0n) is 10.3. The zero-order chi connectivity index (χ0) is 12.1. The topological polar surface area (TPSA) is 36.4 Å². The minimum absolute atomic E-state index is 0.189. The smallest absolute Gasteiger partial charge is 0.219 e. The number of aromatic nitrogens is 1. The van der Waals surface area contributed by atoms with Gasteiger partial charge in [-0.15, -0.1) is 0 Å². The van der Waals surface area contributed by atoms with E-state index in [4.69, 9.17) is 0 Å². The third-order valence-electron chi connectivity index (χ3n) is 3.23. The van der Waals surface area contributed by atoms with Crippen LogP contribution in [0.3, 0.4) is 0 Å². The van der Waals surface area contributed by atoms with Crippen molar-refractivity contribution >= 4 is 5.91 Å². The number of hydrogen-bond acceptors (Lipinski definition) is 3. The van der Waals surface area contributed by atoms with Crippen molar-refractivity contribution in [3.05, 3.63) is 30.1 Å². The van der Waals surface area contributed by atoms with Gasteiger partial charge in [0.05, 0.1) is 0 Å². The van der Waals surface area contributed by atoms with Crippen LogP contribution in [0.2, 0.25) is 0 Å². The van der Waals surface area contributed by atoms with Gasteiger partial charge in [0.2, 0.25) is 5.91 Å². The molecule has 0 aromatic carbocycles. The summed E-state index contributed by atoms with van der Waals surface area (Å²) < 4.78 is 0. The standard InChI is InChI=1S/C13H19N3O/c1-12(17)16-10-8-15(9-11-16)7-5-13-4-2-3-6-14-13/h2-4,6H,5,7-11H2,1H3. The molecule has 1 saturated heterocycles. The van der Waals surface area contributed by atoms with E-state index in [1.165, 1.54) is 0 Å². The van der Waals surface area contributed by atoms with Gasteiger partial charge in [-0.3, -0.25) is 14.7 Å². The van der Waals surface area contributed by atoms with Crippen LogP contribution < -0.4 is 0 Å². The van der Waals surface area contributed by atoms with Gasteiger partial charge < -0.3 is 4.90 Å². The van der Waals surface area contributed by atoms with Crippen molar-refractivity contribution in [2.24, 2.45) is 0 Å². The van der Waals surface area contributed by atoms with Crippen molar-refractivity contribution in [3.63, 3.8) is 0 Å². The van der Waals surface area contributed by atoms with Crippen LogP contribution in [0, 0.1) is 0 Å². The normalized spacial score (nSPS) is 17.1. The first-order chi connectivity index (χ1) is 8.25. The molecule has 2 rings (SSSR count). The summed E-state index contributed by atoms with van der Waals surface area (Å²) in [6, 6.07) is 6.02. The number of nitrogens with zero attached hydrogens (tertiary/aromatic N) is 3. The van der Waals surface area contributed by atoms with E-state index in [1.54, 1.807) is 6.92 Å². The third-order valence-corrected chi connectivity index (χ3v) is 3.23. The molecule has 1 fully saturated rings. The molecule has 0 bridgehead atoms. The van der Waals surface area contributed by atoms with Gasteiger partial charge >= 0.3 is 0 Å². The minimum atomic E-state index is 0.189. The summed E-state index contributed by atoms with van der Waals surface area (Å²) in [5.41, 5.74) is 1.14. The van der Waals surface area contributed by atoms with Crippen molar-refractivity contribution in [1.29, 1.82) is 0 Å². The fourth-order valence-electron chi connectivity index (χ4n) is 2.11. The van der Waals surface area contributed by atoms with Gasteiger partial charge in [-0.05, 0) is 12.1 Å². The maximum absolute atomic E-state index is 11.2. The Kier molecular flexibility index (Phi) is 4.09. The van der Waals surface area contributed by atoms with Crippen molar-refractivity contribution in [2.75, 3.05) is 32.7 Å². The first kappa shape index (κ1) is 12.0. The Hall–Kier alpha value is -1.42. The lowest BCUT2D eigenvalue weighted by molar-refractivity contribution is -0.130. The van der Waals surface area contributed by atoms with Gasteiger partial charge in [0.25, 0.3) is 0 Å². The lowest BCUT2D eigenvalue weighted by Crippen LogP contribution is -2.48. The summed E-state index contributed by atoms with van der Waals surface area (Å²) >= 11 is 0. The Bertz CT molecular complexity index is 358. The molecule has 17 heavy (non-hydrogen) atoms. The zero-order valence-corrected chi connectivity index (χ0v) is 10.3. The molecule has 0 spiro atoms. The molecule has 1 aromatic heterocycles. The lowest BCUT2D eigenvalue weighted by Gasteiger charge is -2.34. The Balaban J connectivity index is 1.74. The molecular formula is C13H19N3O. The average Bonchev–Trinajstić information content (AvgIpc) is 2.38. The largest absolute Gasteiger partial charge is 0.340 e. The maximum Gasteiger partial charge on any atom is 0.219 e.